The van der Waals surface area contributed by atoms with Gasteiger partial charge in [0.2, 0.25) is 0 Å². The number of nitriles is 1. The molecule has 1 N–H and O–H groups in total. The van der Waals surface area contributed by atoms with Crippen LogP contribution in [0.4, 0.5) is 4.39 Å². The number of alkyl halides is 1. The first kappa shape index (κ1) is 19.9. The number of allylic oxidation sites excluding steroid dienone is 2. The first-order valence-electron chi connectivity index (χ1n) is 10.0. The van der Waals surface area contributed by atoms with Crippen LogP contribution in [0.3, 0.4) is 0 Å². The van der Waals surface area contributed by atoms with Gasteiger partial charge >= 0.3 is 0 Å². The lowest BCUT2D eigenvalue weighted by Gasteiger charge is -2.51. The minimum absolute atomic E-state index is 0.247. The Morgan fingerprint density at radius 1 is 1.37 bits per heavy atom. The molecule has 0 aromatic heterocycles. The highest BCUT2D eigenvalue weighted by molar-refractivity contribution is 5.71. The summed E-state index contributed by atoms with van der Waals surface area (Å²) in [6.07, 6.45) is 5.38. The summed E-state index contributed by atoms with van der Waals surface area (Å²) in [4.78, 5) is 2.11. The summed E-state index contributed by atoms with van der Waals surface area (Å²) in [5, 5.41) is 19.7. The van der Waals surface area contributed by atoms with Gasteiger partial charge < -0.3 is 5.11 Å². The van der Waals surface area contributed by atoms with Gasteiger partial charge in [0.25, 0.3) is 0 Å². The second-order valence-corrected chi connectivity index (χ2v) is 9.17. The van der Waals surface area contributed by atoms with Gasteiger partial charge in [0.1, 0.15) is 11.9 Å². The number of likely N-dealkylation sites (tertiary alicyclic amines) is 1. The van der Waals surface area contributed by atoms with Crippen LogP contribution in [0.5, 0.6) is 5.75 Å². The SMILES string of the molecule is CC(C)(C)C1(CC#N)CCN(Cc2ccc(C3=CCCC3)c(O)c2)CC1F. The van der Waals surface area contributed by atoms with E-state index >= 15 is 4.39 Å². The van der Waals surface area contributed by atoms with Crippen LogP contribution in [-0.4, -0.2) is 29.3 Å². The normalized spacial score (nSPS) is 26.6. The zero-order valence-corrected chi connectivity index (χ0v) is 16.8. The standard InChI is InChI=1S/C23H31FN2O/c1-22(2,3)23(10-12-25)11-13-26(16-21(23)24)15-17-8-9-19(20(27)14-17)18-6-4-5-7-18/h6,8-9,14,21,27H,4-5,7,10-11,13,15-16H2,1-3H3. The summed E-state index contributed by atoms with van der Waals surface area (Å²) in [6.45, 7) is 7.86. The van der Waals surface area contributed by atoms with Crippen molar-refractivity contribution in [3.63, 3.8) is 0 Å². The summed E-state index contributed by atoms with van der Waals surface area (Å²) < 4.78 is 15.2. The number of halogens is 1. The number of aromatic hydroxyl groups is 1. The fourth-order valence-corrected chi connectivity index (χ4v) is 4.72. The van der Waals surface area contributed by atoms with Gasteiger partial charge in [-0.2, -0.15) is 5.26 Å². The maximum Gasteiger partial charge on any atom is 0.123 e. The second kappa shape index (κ2) is 7.64. The summed E-state index contributed by atoms with van der Waals surface area (Å²) >= 11 is 0. The van der Waals surface area contributed by atoms with Crippen LogP contribution < -0.4 is 0 Å². The number of benzene rings is 1. The Morgan fingerprint density at radius 2 is 2.15 bits per heavy atom. The van der Waals surface area contributed by atoms with E-state index in [4.69, 9.17) is 0 Å². The van der Waals surface area contributed by atoms with E-state index in [1.807, 2.05) is 39.0 Å². The molecule has 0 bridgehead atoms. The van der Waals surface area contributed by atoms with Crippen molar-refractivity contribution in [1.29, 1.82) is 5.26 Å². The van der Waals surface area contributed by atoms with Crippen molar-refractivity contribution in [2.24, 2.45) is 10.8 Å². The van der Waals surface area contributed by atoms with Gasteiger partial charge in [-0.1, -0.05) is 39.0 Å². The molecule has 0 amide bonds. The van der Waals surface area contributed by atoms with Crippen LogP contribution in [0.1, 0.15) is 64.0 Å². The van der Waals surface area contributed by atoms with E-state index in [0.717, 1.165) is 36.9 Å². The summed E-state index contributed by atoms with van der Waals surface area (Å²) in [6, 6.07) is 8.08. The lowest BCUT2D eigenvalue weighted by molar-refractivity contribution is -0.0660. The topological polar surface area (TPSA) is 47.3 Å². The van der Waals surface area contributed by atoms with E-state index in [1.54, 1.807) is 0 Å². The molecule has 4 heteroatoms. The van der Waals surface area contributed by atoms with E-state index in [0.29, 0.717) is 25.3 Å². The molecule has 1 aromatic carbocycles. The monoisotopic (exact) mass is 370 g/mol. The summed E-state index contributed by atoms with van der Waals surface area (Å²) in [5.74, 6) is 0.322. The average molecular weight is 371 g/mol. The van der Waals surface area contributed by atoms with Crippen LogP contribution in [0, 0.1) is 22.2 Å². The van der Waals surface area contributed by atoms with Gasteiger partial charge in [-0.25, -0.2) is 4.39 Å². The average Bonchev–Trinajstić information content (AvgIpc) is 3.11. The number of phenols is 1. The number of hydrogen-bond donors (Lipinski definition) is 1. The zero-order valence-electron chi connectivity index (χ0n) is 16.8. The predicted molar refractivity (Wildman–Crippen MR) is 107 cm³/mol. The third-order valence-corrected chi connectivity index (χ3v) is 6.64. The lowest BCUT2D eigenvalue weighted by Crippen LogP contribution is -2.54. The number of hydrogen-bond acceptors (Lipinski definition) is 3. The Hall–Kier alpha value is -1.86. The Labute approximate surface area is 162 Å². The third-order valence-electron chi connectivity index (χ3n) is 6.64. The van der Waals surface area contributed by atoms with Crippen molar-refractivity contribution in [2.75, 3.05) is 13.1 Å². The van der Waals surface area contributed by atoms with Crippen molar-refractivity contribution in [3.8, 4) is 11.8 Å². The molecule has 0 saturated carbocycles. The molecule has 1 fully saturated rings. The van der Waals surface area contributed by atoms with Crippen molar-refractivity contribution in [1.82, 2.24) is 4.90 Å². The molecule has 2 aliphatic rings. The van der Waals surface area contributed by atoms with Crippen molar-refractivity contribution >= 4 is 5.57 Å². The number of rotatable bonds is 4. The molecule has 1 aromatic rings. The minimum Gasteiger partial charge on any atom is -0.507 e. The largest absolute Gasteiger partial charge is 0.507 e. The molecule has 3 rings (SSSR count). The first-order chi connectivity index (χ1) is 12.8. The zero-order chi connectivity index (χ0) is 19.7. The van der Waals surface area contributed by atoms with Gasteiger partial charge in [-0.15, -0.1) is 0 Å². The van der Waals surface area contributed by atoms with E-state index in [1.165, 1.54) is 5.57 Å². The maximum atomic E-state index is 15.2. The van der Waals surface area contributed by atoms with E-state index < -0.39 is 11.6 Å². The second-order valence-electron chi connectivity index (χ2n) is 9.17. The van der Waals surface area contributed by atoms with Crippen LogP contribution in [0.2, 0.25) is 0 Å². The van der Waals surface area contributed by atoms with Crippen molar-refractivity contribution < 1.29 is 9.50 Å². The van der Waals surface area contributed by atoms with E-state index in [-0.39, 0.29) is 11.8 Å². The Morgan fingerprint density at radius 3 is 2.70 bits per heavy atom. The molecule has 2 atom stereocenters. The molecule has 0 spiro atoms. The number of phenolic OH excluding ortho intramolecular Hbond substituents is 1. The minimum atomic E-state index is -1.03. The van der Waals surface area contributed by atoms with Crippen molar-refractivity contribution in [3.05, 3.63) is 35.4 Å². The Bertz CT molecular complexity index is 759. The van der Waals surface area contributed by atoms with Crippen LogP contribution in [0.15, 0.2) is 24.3 Å². The molecule has 0 radical (unpaired) electrons. The van der Waals surface area contributed by atoms with E-state index in [2.05, 4.69) is 17.0 Å². The van der Waals surface area contributed by atoms with Gasteiger partial charge in [0.05, 0.1) is 6.07 Å². The molecule has 1 heterocycles. The van der Waals surface area contributed by atoms with Crippen LogP contribution >= 0.6 is 0 Å². The fraction of sp³-hybridized carbons (Fsp3) is 0.609. The molecule has 2 unspecified atom stereocenters. The number of nitrogens with zero attached hydrogens (tertiary/aromatic N) is 2. The van der Waals surface area contributed by atoms with Crippen LogP contribution in [0.25, 0.3) is 5.57 Å². The molecule has 1 saturated heterocycles. The molecular formula is C23H31FN2O. The quantitative estimate of drug-likeness (QED) is 0.766. The molecule has 1 aliphatic heterocycles. The predicted octanol–water partition coefficient (Wildman–Crippen LogP) is 5.45. The highest BCUT2D eigenvalue weighted by atomic mass is 19.1. The van der Waals surface area contributed by atoms with Crippen LogP contribution in [-0.2, 0) is 6.54 Å². The van der Waals surface area contributed by atoms with E-state index in [9.17, 15) is 10.4 Å². The van der Waals surface area contributed by atoms with Gasteiger partial charge in [0.15, 0.2) is 0 Å². The maximum absolute atomic E-state index is 15.2. The third kappa shape index (κ3) is 3.89. The Kier molecular flexibility index (Phi) is 5.63. The molecule has 27 heavy (non-hydrogen) atoms. The highest BCUT2D eigenvalue weighted by Gasteiger charge is 2.51. The molecular weight excluding hydrogens is 339 g/mol. The number of piperidine rings is 1. The molecule has 3 nitrogen and oxygen atoms in total. The van der Waals surface area contributed by atoms with Gasteiger partial charge in [-0.05, 0) is 54.8 Å². The van der Waals surface area contributed by atoms with Crippen molar-refractivity contribution in [2.45, 2.75) is 65.6 Å². The van der Waals surface area contributed by atoms with Gasteiger partial charge in [0, 0.05) is 30.5 Å². The highest BCUT2D eigenvalue weighted by Crippen LogP contribution is 2.50. The molecule has 146 valence electrons. The Balaban J connectivity index is 1.70. The summed E-state index contributed by atoms with van der Waals surface area (Å²) in [7, 11) is 0. The smallest absolute Gasteiger partial charge is 0.123 e. The molecule has 1 aliphatic carbocycles. The fourth-order valence-electron chi connectivity index (χ4n) is 4.72. The first-order valence-corrected chi connectivity index (χ1v) is 10.0. The van der Waals surface area contributed by atoms with Gasteiger partial charge in [-0.3, -0.25) is 4.90 Å². The lowest BCUT2D eigenvalue weighted by atomic mass is 9.59. The summed E-state index contributed by atoms with van der Waals surface area (Å²) in [5.41, 5.74) is 2.33.